The third kappa shape index (κ3) is 7.49. The van der Waals surface area contributed by atoms with Gasteiger partial charge in [0.25, 0.3) is 0 Å². The number of carbonyl (C=O) groups excluding carboxylic acids is 1. The molecule has 2 rings (SSSR count). The van der Waals surface area contributed by atoms with Crippen LogP contribution in [-0.2, 0) is 9.53 Å². The van der Waals surface area contributed by atoms with Crippen LogP contribution in [-0.4, -0.2) is 44.7 Å². The molecular formula is C19H31IN4O2. The highest BCUT2D eigenvalue weighted by atomic mass is 127. The molecule has 1 aromatic carbocycles. The Bertz CT molecular complexity index is 593. The van der Waals surface area contributed by atoms with Gasteiger partial charge in [-0.3, -0.25) is 9.79 Å². The molecule has 6 nitrogen and oxygen atoms in total. The number of amides is 1. The minimum atomic E-state index is 0. The molecule has 1 aliphatic heterocycles. The standard InChI is InChI=1S/C19H30N4O2.HI/c1-4-20-19(21-9-10-25-13-14(2)3)22-12-15-11-18(24)23-17-8-6-5-7-16(15)17;/h5-8,14-15H,4,9-13H2,1-3H3,(H,23,24)(H2,20,21,22);1H. The van der Waals surface area contributed by atoms with E-state index in [1.54, 1.807) is 0 Å². The molecule has 0 fully saturated rings. The van der Waals surface area contributed by atoms with E-state index in [0.29, 0.717) is 32.0 Å². The van der Waals surface area contributed by atoms with Crippen molar-refractivity contribution in [3.63, 3.8) is 0 Å². The number of rotatable bonds is 8. The van der Waals surface area contributed by atoms with Gasteiger partial charge in [-0.2, -0.15) is 0 Å². The van der Waals surface area contributed by atoms with Gasteiger partial charge in [-0.1, -0.05) is 32.0 Å². The summed E-state index contributed by atoms with van der Waals surface area (Å²) in [5, 5.41) is 9.45. The highest BCUT2D eigenvalue weighted by Crippen LogP contribution is 2.31. The smallest absolute Gasteiger partial charge is 0.225 e. The molecule has 0 saturated carbocycles. The summed E-state index contributed by atoms with van der Waals surface area (Å²) in [6.45, 7) is 9.80. The van der Waals surface area contributed by atoms with Crippen molar-refractivity contribution < 1.29 is 9.53 Å². The zero-order valence-corrected chi connectivity index (χ0v) is 18.2. The lowest BCUT2D eigenvalue weighted by molar-refractivity contribution is -0.116. The van der Waals surface area contributed by atoms with Crippen LogP contribution in [0.4, 0.5) is 5.69 Å². The molecule has 1 heterocycles. The number of benzene rings is 1. The zero-order chi connectivity index (χ0) is 18.1. The van der Waals surface area contributed by atoms with Crippen LogP contribution in [0.3, 0.4) is 0 Å². The lowest BCUT2D eigenvalue weighted by Gasteiger charge is -2.24. The fraction of sp³-hybridized carbons (Fsp3) is 0.579. The third-order valence-electron chi connectivity index (χ3n) is 3.91. The minimum absolute atomic E-state index is 0. The maximum atomic E-state index is 11.9. The molecule has 0 bridgehead atoms. The van der Waals surface area contributed by atoms with E-state index >= 15 is 0 Å². The largest absolute Gasteiger partial charge is 0.379 e. The third-order valence-corrected chi connectivity index (χ3v) is 3.91. The number of nitrogens with one attached hydrogen (secondary N) is 3. The number of para-hydroxylation sites is 1. The highest BCUT2D eigenvalue weighted by molar-refractivity contribution is 14.0. The summed E-state index contributed by atoms with van der Waals surface area (Å²) >= 11 is 0. The topological polar surface area (TPSA) is 74.8 Å². The Labute approximate surface area is 173 Å². The van der Waals surface area contributed by atoms with Crippen molar-refractivity contribution in [2.45, 2.75) is 33.1 Å². The highest BCUT2D eigenvalue weighted by Gasteiger charge is 2.24. The van der Waals surface area contributed by atoms with Crippen molar-refractivity contribution in [2.75, 3.05) is 38.2 Å². The minimum Gasteiger partial charge on any atom is -0.379 e. The molecule has 0 radical (unpaired) electrons. The van der Waals surface area contributed by atoms with Crippen LogP contribution in [0.1, 0.15) is 38.7 Å². The Balaban J connectivity index is 0.00000338. The van der Waals surface area contributed by atoms with Crippen molar-refractivity contribution in [1.82, 2.24) is 10.6 Å². The quantitative estimate of drug-likeness (QED) is 0.235. The first-order valence-electron chi connectivity index (χ1n) is 9.08. The van der Waals surface area contributed by atoms with E-state index < -0.39 is 0 Å². The molecule has 0 aromatic heterocycles. The van der Waals surface area contributed by atoms with Gasteiger partial charge in [0.05, 0.1) is 13.2 Å². The van der Waals surface area contributed by atoms with Crippen molar-refractivity contribution >= 4 is 41.5 Å². The van der Waals surface area contributed by atoms with Crippen molar-refractivity contribution in [2.24, 2.45) is 10.9 Å². The molecule has 1 amide bonds. The normalized spacial score (nSPS) is 16.5. The summed E-state index contributed by atoms with van der Waals surface area (Å²) < 4.78 is 5.58. The Kier molecular flexibility index (Phi) is 10.6. The molecule has 0 aliphatic carbocycles. The predicted molar refractivity (Wildman–Crippen MR) is 117 cm³/mol. The van der Waals surface area contributed by atoms with Crippen LogP contribution in [0.15, 0.2) is 29.3 Å². The van der Waals surface area contributed by atoms with Crippen LogP contribution in [0, 0.1) is 5.92 Å². The lowest BCUT2D eigenvalue weighted by Crippen LogP contribution is -2.39. The van der Waals surface area contributed by atoms with E-state index in [2.05, 4.69) is 40.9 Å². The second-order valence-corrected chi connectivity index (χ2v) is 6.65. The SMILES string of the molecule is CCNC(=NCC1CC(=O)Nc2ccccc21)NCCOCC(C)C.I. The number of halogens is 1. The molecule has 0 spiro atoms. The van der Waals surface area contributed by atoms with Crippen LogP contribution in [0.5, 0.6) is 0 Å². The number of hydrogen-bond donors (Lipinski definition) is 3. The number of carbonyl (C=O) groups is 1. The number of aliphatic imine (C=N–C) groups is 1. The molecule has 1 atom stereocenters. The number of hydrogen-bond acceptors (Lipinski definition) is 3. The maximum absolute atomic E-state index is 11.9. The molecule has 7 heteroatoms. The maximum Gasteiger partial charge on any atom is 0.225 e. The number of ether oxygens (including phenoxy) is 1. The van der Waals surface area contributed by atoms with Gasteiger partial charge in [-0.05, 0) is 24.5 Å². The molecule has 1 aliphatic rings. The van der Waals surface area contributed by atoms with Crippen molar-refractivity contribution in [3.8, 4) is 0 Å². The first-order valence-corrected chi connectivity index (χ1v) is 9.08. The first kappa shape index (κ1) is 22.7. The molecule has 0 saturated heterocycles. The molecule has 1 aromatic rings. The summed E-state index contributed by atoms with van der Waals surface area (Å²) in [5.74, 6) is 1.47. The van der Waals surface area contributed by atoms with E-state index in [1.165, 1.54) is 0 Å². The predicted octanol–water partition coefficient (Wildman–Crippen LogP) is 2.96. The van der Waals surface area contributed by atoms with E-state index in [4.69, 9.17) is 4.74 Å². The molecule has 3 N–H and O–H groups in total. The summed E-state index contributed by atoms with van der Waals surface area (Å²) in [4.78, 5) is 16.6. The average Bonchev–Trinajstić information content (AvgIpc) is 2.58. The number of fused-ring (bicyclic) bond motifs is 1. The van der Waals surface area contributed by atoms with Gasteiger partial charge < -0.3 is 20.7 Å². The zero-order valence-electron chi connectivity index (χ0n) is 15.9. The fourth-order valence-corrected chi connectivity index (χ4v) is 2.77. The molecule has 146 valence electrons. The van der Waals surface area contributed by atoms with Crippen LogP contribution in [0.2, 0.25) is 0 Å². The van der Waals surface area contributed by atoms with Gasteiger partial charge >= 0.3 is 0 Å². The fourth-order valence-electron chi connectivity index (χ4n) is 2.77. The Morgan fingerprint density at radius 3 is 2.85 bits per heavy atom. The van der Waals surface area contributed by atoms with E-state index in [9.17, 15) is 4.79 Å². The van der Waals surface area contributed by atoms with Crippen LogP contribution >= 0.6 is 24.0 Å². The van der Waals surface area contributed by atoms with E-state index in [-0.39, 0.29) is 35.8 Å². The second-order valence-electron chi connectivity index (χ2n) is 6.65. The summed E-state index contributed by atoms with van der Waals surface area (Å²) in [5.41, 5.74) is 2.06. The van der Waals surface area contributed by atoms with Crippen molar-refractivity contribution in [1.29, 1.82) is 0 Å². The van der Waals surface area contributed by atoms with Gasteiger partial charge in [0.1, 0.15) is 0 Å². The van der Waals surface area contributed by atoms with Gasteiger partial charge in [0.2, 0.25) is 5.91 Å². The second kappa shape index (κ2) is 12.1. The first-order chi connectivity index (χ1) is 12.1. The Hall–Kier alpha value is -1.35. The Morgan fingerprint density at radius 1 is 1.35 bits per heavy atom. The summed E-state index contributed by atoms with van der Waals surface area (Å²) in [7, 11) is 0. The van der Waals surface area contributed by atoms with Crippen molar-refractivity contribution in [3.05, 3.63) is 29.8 Å². The summed E-state index contributed by atoms with van der Waals surface area (Å²) in [6, 6.07) is 7.95. The molecule has 1 unspecified atom stereocenters. The monoisotopic (exact) mass is 474 g/mol. The van der Waals surface area contributed by atoms with E-state index in [0.717, 1.165) is 30.4 Å². The lowest BCUT2D eigenvalue weighted by atomic mass is 9.91. The molecular weight excluding hydrogens is 443 g/mol. The summed E-state index contributed by atoms with van der Waals surface area (Å²) in [6.07, 6.45) is 0.470. The van der Waals surface area contributed by atoms with Gasteiger partial charge in [0, 0.05) is 37.7 Å². The number of anilines is 1. The van der Waals surface area contributed by atoms with Gasteiger partial charge in [-0.25, -0.2) is 0 Å². The van der Waals surface area contributed by atoms with Crippen LogP contribution < -0.4 is 16.0 Å². The van der Waals surface area contributed by atoms with Crippen LogP contribution in [0.25, 0.3) is 0 Å². The van der Waals surface area contributed by atoms with Gasteiger partial charge in [-0.15, -0.1) is 24.0 Å². The molecule has 26 heavy (non-hydrogen) atoms. The van der Waals surface area contributed by atoms with Gasteiger partial charge in [0.15, 0.2) is 5.96 Å². The Morgan fingerprint density at radius 2 is 2.12 bits per heavy atom. The average molecular weight is 474 g/mol. The van der Waals surface area contributed by atoms with E-state index in [1.807, 2.05) is 25.1 Å². The number of guanidine groups is 1. The number of nitrogens with zero attached hydrogens (tertiary/aromatic N) is 1.